The molecule has 0 spiro atoms. The Labute approximate surface area is 84.3 Å². The maximum Gasteiger partial charge on any atom is 0.00104 e. The molecule has 0 aliphatic heterocycles. The molecule has 1 N–H and O–H groups in total. The lowest BCUT2D eigenvalue weighted by Crippen LogP contribution is -2.31. The summed E-state index contributed by atoms with van der Waals surface area (Å²) in [5, 5.41) is 3.54. The molecular formula is C12H27N. The van der Waals surface area contributed by atoms with Gasteiger partial charge < -0.3 is 5.32 Å². The van der Waals surface area contributed by atoms with E-state index in [9.17, 15) is 0 Å². The van der Waals surface area contributed by atoms with Gasteiger partial charge in [-0.25, -0.2) is 0 Å². The Balaban J connectivity index is 3.73. The van der Waals surface area contributed by atoms with Crippen molar-refractivity contribution in [3.8, 4) is 0 Å². The fraction of sp³-hybridized carbons (Fsp3) is 1.00. The van der Waals surface area contributed by atoms with E-state index in [1.165, 1.54) is 25.8 Å². The quantitative estimate of drug-likeness (QED) is 0.640. The van der Waals surface area contributed by atoms with E-state index in [0.29, 0.717) is 6.04 Å². The summed E-state index contributed by atoms with van der Waals surface area (Å²) in [6.07, 6.45) is 4.00. The molecule has 1 nitrogen and oxygen atoms in total. The van der Waals surface area contributed by atoms with Crippen molar-refractivity contribution in [1.82, 2.24) is 5.32 Å². The minimum absolute atomic E-state index is 0.628. The number of nitrogens with one attached hydrogen (secondary N) is 1. The molecular weight excluding hydrogens is 158 g/mol. The predicted molar refractivity (Wildman–Crippen MR) is 61.0 cm³/mol. The lowest BCUT2D eigenvalue weighted by atomic mass is 9.88. The highest BCUT2D eigenvalue weighted by atomic mass is 14.9. The Morgan fingerprint density at radius 1 is 1.08 bits per heavy atom. The van der Waals surface area contributed by atoms with Crippen LogP contribution in [0.2, 0.25) is 0 Å². The van der Waals surface area contributed by atoms with Gasteiger partial charge in [0.2, 0.25) is 0 Å². The van der Waals surface area contributed by atoms with Crippen LogP contribution in [0, 0.1) is 11.8 Å². The van der Waals surface area contributed by atoms with Gasteiger partial charge in [0, 0.05) is 6.04 Å². The summed E-state index contributed by atoms with van der Waals surface area (Å²) in [5.41, 5.74) is 0. The summed E-state index contributed by atoms with van der Waals surface area (Å²) >= 11 is 0. The van der Waals surface area contributed by atoms with E-state index in [0.717, 1.165) is 11.8 Å². The molecule has 1 heteroatoms. The van der Waals surface area contributed by atoms with Crippen LogP contribution in [0.5, 0.6) is 0 Å². The summed E-state index contributed by atoms with van der Waals surface area (Å²) < 4.78 is 0. The second-order valence-corrected chi connectivity index (χ2v) is 4.50. The first-order valence-electron chi connectivity index (χ1n) is 5.85. The van der Waals surface area contributed by atoms with Gasteiger partial charge in [0.25, 0.3) is 0 Å². The maximum absolute atomic E-state index is 3.54. The van der Waals surface area contributed by atoms with Crippen LogP contribution in [0.3, 0.4) is 0 Å². The molecule has 0 fully saturated rings. The van der Waals surface area contributed by atoms with Crippen LogP contribution in [0.4, 0.5) is 0 Å². The van der Waals surface area contributed by atoms with E-state index in [4.69, 9.17) is 0 Å². The third-order valence-electron chi connectivity index (χ3n) is 2.86. The molecule has 80 valence electrons. The van der Waals surface area contributed by atoms with Crippen LogP contribution in [-0.4, -0.2) is 12.6 Å². The molecule has 0 rings (SSSR count). The van der Waals surface area contributed by atoms with Crippen LogP contribution >= 0.6 is 0 Å². The van der Waals surface area contributed by atoms with Gasteiger partial charge in [0.05, 0.1) is 0 Å². The predicted octanol–water partition coefficient (Wildman–Crippen LogP) is 3.45. The largest absolute Gasteiger partial charge is 0.314 e. The van der Waals surface area contributed by atoms with E-state index >= 15 is 0 Å². The summed E-state index contributed by atoms with van der Waals surface area (Å²) in [5.74, 6) is 1.74. The molecule has 0 bridgehead atoms. The molecule has 0 saturated heterocycles. The van der Waals surface area contributed by atoms with E-state index in [1.807, 2.05) is 0 Å². The highest BCUT2D eigenvalue weighted by Gasteiger charge is 2.14. The normalized spacial score (nSPS) is 16.2. The zero-order valence-electron chi connectivity index (χ0n) is 10.1. The van der Waals surface area contributed by atoms with Gasteiger partial charge in [-0.2, -0.15) is 0 Å². The molecule has 0 heterocycles. The van der Waals surface area contributed by atoms with Crippen molar-refractivity contribution in [3.05, 3.63) is 0 Å². The lowest BCUT2D eigenvalue weighted by Gasteiger charge is -2.23. The molecule has 13 heavy (non-hydrogen) atoms. The first-order chi connectivity index (χ1) is 6.11. The smallest absolute Gasteiger partial charge is 0.00104 e. The van der Waals surface area contributed by atoms with Gasteiger partial charge in [0.15, 0.2) is 0 Å². The molecule has 0 radical (unpaired) electrons. The van der Waals surface area contributed by atoms with E-state index < -0.39 is 0 Å². The Kier molecular flexibility index (Phi) is 7.35. The number of rotatable bonds is 7. The van der Waals surface area contributed by atoms with Crippen LogP contribution in [-0.2, 0) is 0 Å². The minimum Gasteiger partial charge on any atom is -0.314 e. The van der Waals surface area contributed by atoms with Crippen LogP contribution in [0.15, 0.2) is 0 Å². The first kappa shape index (κ1) is 13.0. The second kappa shape index (κ2) is 7.37. The topological polar surface area (TPSA) is 12.0 Å². The van der Waals surface area contributed by atoms with E-state index in [-0.39, 0.29) is 0 Å². The number of hydrogen-bond donors (Lipinski definition) is 1. The number of hydrogen-bond acceptors (Lipinski definition) is 1. The Morgan fingerprint density at radius 3 is 2.08 bits per heavy atom. The van der Waals surface area contributed by atoms with Gasteiger partial charge in [0.1, 0.15) is 0 Å². The monoisotopic (exact) mass is 185 g/mol. The highest BCUT2D eigenvalue weighted by Crippen LogP contribution is 2.19. The second-order valence-electron chi connectivity index (χ2n) is 4.50. The van der Waals surface area contributed by atoms with Crippen LogP contribution in [0.1, 0.15) is 53.9 Å². The van der Waals surface area contributed by atoms with Crippen molar-refractivity contribution in [2.45, 2.75) is 59.9 Å². The minimum atomic E-state index is 0.628. The van der Waals surface area contributed by atoms with Gasteiger partial charge in [-0.05, 0) is 18.4 Å². The lowest BCUT2D eigenvalue weighted by molar-refractivity contribution is 0.304. The Bertz CT molecular complexity index is 110. The highest BCUT2D eigenvalue weighted by molar-refractivity contribution is 4.68. The third-order valence-corrected chi connectivity index (χ3v) is 2.86. The van der Waals surface area contributed by atoms with Gasteiger partial charge in [-0.3, -0.25) is 0 Å². The zero-order valence-corrected chi connectivity index (χ0v) is 10.1. The Hall–Kier alpha value is -0.0400. The summed E-state index contributed by atoms with van der Waals surface area (Å²) in [6.45, 7) is 12.6. The molecule has 0 amide bonds. The van der Waals surface area contributed by atoms with Crippen LogP contribution in [0.25, 0.3) is 0 Å². The molecule has 2 atom stereocenters. The molecule has 0 aliphatic carbocycles. The zero-order chi connectivity index (χ0) is 10.3. The van der Waals surface area contributed by atoms with Crippen LogP contribution < -0.4 is 5.32 Å². The SMILES string of the molecule is CCCC(C)C(CC)CNC(C)C. The first-order valence-corrected chi connectivity index (χ1v) is 5.85. The molecule has 2 unspecified atom stereocenters. The van der Waals surface area contributed by atoms with Crippen molar-refractivity contribution >= 4 is 0 Å². The molecule has 0 aromatic carbocycles. The van der Waals surface area contributed by atoms with E-state index in [2.05, 4.69) is 39.9 Å². The molecule has 0 aromatic heterocycles. The maximum atomic E-state index is 3.54. The van der Waals surface area contributed by atoms with Gasteiger partial charge in [-0.1, -0.05) is 53.9 Å². The van der Waals surface area contributed by atoms with Crippen molar-refractivity contribution < 1.29 is 0 Å². The summed E-state index contributed by atoms with van der Waals surface area (Å²) in [6, 6.07) is 0.628. The summed E-state index contributed by atoms with van der Waals surface area (Å²) in [7, 11) is 0. The molecule has 0 saturated carbocycles. The van der Waals surface area contributed by atoms with Crippen molar-refractivity contribution in [2.75, 3.05) is 6.54 Å². The standard InChI is InChI=1S/C12H27N/c1-6-8-11(5)12(7-2)9-13-10(3)4/h10-13H,6-9H2,1-5H3. The van der Waals surface area contributed by atoms with Gasteiger partial charge >= 0.3 is 0 Å². The summed E-state index contributed by atoms with van der Waals surface area (Å²) in [4.78, 5) is 0. The average molecular weight is 185 g/mol. The Morgan fingerprint density at radius 2 is 1.69 bits per heavy atom. The fourth-order valence-electron chi connectivity index (χ4n) is 1.83. The molecule has 0 aromatic rings. The fourth-order valence-corrected chi connectivity index (χ4v) is 1.83. The third kappa shape index (κ3) is 6.09. The molecule has 0 aliphatic rings. The average Bonchev–Trinajstić information content (AvgIpc) is 2.05. The van der Waals surface area contributed by atoms with Crippen molar-refractivity contribution in [3.63, 3.8) is 0 Å². The van der Waals surface area contributed by atoms with Crippen molar-refractivity contribution in [2.24, 2.45) is 11.8 Å². The van der Waals surface area contributed by atoms with Crippen molar-refractivity contribution in [1.29, 1.82) is 0 Å². The van der Waals surface area contributed by atoms with Gasteiger partial charge in [-0.15, -0.1) is 0 Å². The van der Waals surface area contributed by atoms with E-state index in [1.54, 1.807) is 0 Å².